The zero-order chi connectivity index (χ0) is 10.7. The molecule has 0 atom stereocenters. The van der Waals surface area contributed by atoms with Gasteiger partial charge in [0.25, 0.3) is 0 Å². The molecule has 1 N–H and O–H groups in total. The summed E-state index contributed by atoms with van der Waals surface area (Å²) in [7, 11) is 0. The molecular formula is C12H21IN2. The van der Waals surface area contributed by atoms with Crippen LogP contribution in [0.3, 0.4) is 0 Å². The second kappa shape index (κ2) is 5.60. The van der Waals surface area contributed by atoms with E-state index < -0.39 is 0 Å². The fraction of sp³-hybridized carbons (Fsp3) is 1.00. The van der Waals surface area contributed by atoms with Crippen LogP contribution in [-0.4, -0.2) is 9.97 Å². The molecule has 0 radical (unpaired) electrons. The van der Waals surface area contributed by atoms with Gasteiger partial charge in [-0.3, -0.25) is 0 Å². The van der Waals surface area contributed by atoms with E-state index in [2.05, 4.69) is 27.7 Å². The van der Waals surface area contributed by atoms with Crippen molar-refractivity contribution in [3.63, 3.8) is 0 Å². The minimum absolute atomic E-state index is 0.363. The van der Waals surface area contributed by atoms with E-state index in [1.165, 1.54) is 51.4 Å². The lowest BCUT2D eigenvalue weighted by Gasteiger charge is -2.35. The Bertz CT molecular complexity index is 204. The molecule has 2 fully saturated rings. The summed E-state index contributed by atoms with van der Waals surface area (Å²) in [6.07, 6.45) is 10.8. The highest BCUT2D eigenvalue weighted by Crippen LogP contribution is 2.40. The van der Waals surface area contributed by atoms with E-state index in [-0.39, 0.29) is 0 Å². The zero-order valence-electron chi connectivity index (χ0n) is 9.29. The molecular weight excluding hydrogens is 299 g/mol. The molecule has 0 unspecified atom stereocenters. The third-order valence-corrected chi connectivity index (χ3v) is 5.54. The topological polar surface area (TPSA) is 36.2 Å². The molecule has 2 rings (SSSR count). The van der Waals surface area contributed by atoms with Gasteiger partial charge in [0.05, 0.1) is 6.04 Å². The largest absolute Gasteiger partial charge is 0.210 e. The minimum atomic E-state index is 0.363. The Labute approximate surface area is 106 Å². The average Bonchev–Trinajstić information content (AvgIpc) is 2.30. The number of nitrogens with zero attached hydrogens (tertiary/aromatic N) is 1. The van der Waals surface area contributed by atoms with Crippen LogP contribution in [0.25, 0.3) is 0 Å². The summed E-state index contributed by atoms with van der Waals surface area (Å²) in [5.41, 5.74) is 7.06. The van der Waals surface area contributed by atoms with E-state index in [1.54, 1.807) is 0 Å². The maximum atomic E-state index is 7.06. The van der Waals surface area contributed by atoms with Gasteiger partial charge in [-0.2, -0.15) is 5.11 Å². The van der Waals surface area contributed by atoms with Gasteiger partial charge >= 0.3 is 0 Å². The van der Waals surface area contributed by atoms with Crippen molar-refractivity contribution in [1.82, 2.24) is 0 Å². The van der Waals surface area contributed by atoms with Crippen LogP contribution >= 0.6 is 22.6 Å². The maximum absolute atomic E-state index is 7.06. The van der Waals surface area contributed by atoms with Crippen LogP contribution in [-0.2, 0) is 0 Å². The molecule has 0 heterocycles. The first-order valence-electron chi connectivity index (χ1n) is 6.30. The standard InChI is InChI=1S/C12H21IN2/c13-11-5-1-9(2-6-11)10-3-7-12(15-14)8-4-10/h9-12,14H,1-8H2. The van der Waals surface area contributed by atoms with E-state index >= 15 is 0 Å². The summed E-state index contributed by atoms with van der Waals surface area (Å²) in [5.74, 6) is 1.97. The summed E-state index contributed by atoms with van der Waals surface area (Å²) in [6.45, 7) is 0. The van der Waals surface area contributed by atoms with E-state index in [9.17, 15) is 0 Å². The van der Waals surface area contributed by atoms with E-state index in [0.717, 1.165) is 15.8 Å². The molecule has 2 aliphatic carbocycles. The number of hydrogen-bond acceptors (Lipinski definition) is 2. The highest BCUT2D eigenvalue weighted by molar-refractivity contribution is 14.1. The van der Waals surface area contributed by atoms with Crippen molar-refractivity contribution in [2.75, 3.05) is 0 Å². The van der Waals surface area contributed by atoms with Crippen LogP contribution in [0, 0.1) is 17.4 Å². The van der Waals surface area contributed by atoms with E-state index in [0.29, 0.717) is 6.04 Å². The second-order valence-corrected chi connectivity index (χ2v) is 6.97. The Kier molecular flexibility index (Phi) is 4.40. The molecule has 0 spiro atoms. The molecule has 0 aromatic heterocycles. The fourth-order valence-corrected chi connectivity index (χ4v) is 3.97. The van der Waals surface area contributed by atoms with Gasteiger partial charge in [0.1, 0.15) is 0 Å². The molecule has 0 saturated heterocycles. The summed E-state index contributed by atoms with van der Waals surface area (Å²) >= 11 is 2.61. The Morgan fingerprint density at radius 2 is 1.27 bits per heavy atom. The van der Waals surface area contributed by atoms with Crippen molar-refractivity contribution in [3.8, 4) is 0 Å². The molecule has 0 aromatic rings. The summed E-state index contributed by atoms with van der Waals surface area (Å²) < 4.78 is 0.943. The third-order valence-electron chi connectivity index (χ3n) is 4.29. The van der Waals surface area contributed by atoms with Crippen LogP contribution in [0.5, 0.6) is 0 Å². The number of hydrogen-bond donors (Lipinski definition) is 1. The van der Waals surface area contributed by atoms with Crippen LogP contribution < -0.4 is 0 Å². The zero-order valence-corrected chi connectivity index (χ0v) is 11.4. The first kappa shape index (κ1) is 11.8. The molecule has 3 heteroatoms. The van der Waals surface area contributed by atoms with Crippen molar-refractivity contribution < 1.29 is 0 Å². The smallest absolute Gasteiger partial charge is 0.0706 e. The molecule has 2 saturated carbocycles. The normalized spacial score (nSPS) is 42.5. The van der Waals surface area contributed by atoms with E-state index in [4.69, 9.17) is 5.53 Å². The van der Waals surface area contributed by atoms with Gasteiger partial charge in [-0.15, -0.1) is 0 Å². The maximum Gasteiger partial charge on any atom is 0.0706 e. The molecule has 15 heavy (non-hydrogen) atoms. The Morgan fingerprint density at radius 3 is 1.73 bits per heavy atom. The van der Waals surface area contributed by atoms with Gasteiger partial charge in [-0.1, -0.05) is 22.6 Å². The number of rotatable bonds is 2. The monoisotopic (exact) mass is 320 g/mol. The highest BCUT2D eigenvalue weighted by atomic mass is 127. The molecule has 0 aliphatic heterocycles. The first-order chi connectivity index (χ1) is 7.29. The van der Waals surface area contributed by atoms with Crippen molar-refractivity contribution >= 4 is 22.6 Å². The van der Waals surface area contributed by atoms with Crippen molar-refractivity contribution in [1.29, 1.82) is 5.53 Å². The third kappa shape index (κ3) is 3.14. The van der Waals surface area contributed by atoms with Gasteiger partial charge in [0.2, 0.25) is 0 Å². The number of halogens is 1. The lowest BCUT2D eigenvalue weighted by Crippen LogP contribution is -2.26. The molecule has 2 aliphatic rings. The van der Waals surface area contributed by atoms with Crippen LogP contribution in [0.4, 0.5) is 0 Å². The fourth-order valence-electron chi connectivity index (χ4n) is 3.25. The van der Waals surface area contributed by atoms with Crippen molar-refractivity contribution in [2.24, 2.45) is 17.0 Å². The molecule has 86 valence electrons. The molecule has 2 nitrogen and oxygen atoms in total. The van der Waals surface area contributed by atoms with Crippen molar-refractivity contribution in [2.45, 2.75) is 61.3 Å². The van der Waals surface area contributed by atoms with E-state index in [1.807, 2.05) is 0 Å². The minimum Gasteiger partial charge on any atom is -0.210 e. The Balaban J connectivity index is 1.78. The Hall–Kier alpha value is 0.330. The van der Waals surface area contributed by atoms with Crippen LogP contribution in [0.2, 0.25) is 0 Å². The highest BCUT2D eigenvalue weighted by Gasteiger charge is 2.29. The Morgan fingerprint density at radius 1 is 0.800 bits per heavy atom. The van der Waals surface area contributed by atoms with Crippen LogP contribution in [0.15, 0.2) is 5.11 Å². The summed E-state index contributed by atoms with van der Waals surface area (Å²) in [4.78, 5) is 0. The summed E-state index contributed by atoms with van der Waals surface area (Å²) in [5, 5.41) is 3.69. The number of nitrogens with one attached hydrogen (secondary N) is 1. The van der Waals surface area contributed by atoms with Gasteiger partial charge < -0.3 is 0 Å². The number of alkyl halides is 1. The molecule has 0 bridgehead atoms. The lowest BCUT2D eigenvalue weighted by molar-refractivity contribution is 0.188. The van der Waals surface area contributed by atoms with Gasteiger partial charge in [0.15, 0.2) is 0 Å². The second-order valence-electron chi connectivity index (χ2n) is 5.21. The van der Waals surface area contributed by atoms with Crippen LogP contribution in [0.1, 0.15) is 51.4 Å². The predicted molar refractivity (Wildman–Crippen MR) is 70.7 cm³/mol. The molecule has 0 amide bonds. The van der Waals surface area contributed by atoms with Gasteiger partial charge in [-0.25, -0.2) is 5.53 Å². The summed E-state index contributed by atoms with van der Waals surface area (Å²) in [6, 6.07) is 0.363. The SMILES string of the molecule is N=NC1CCC(C2CCC(I)CC2)CC1. The quantitative estimate of drug-likeness (QED) is 0.440. The predicted octanol–water partition coefficient (Wildman–Crippen LogP) is 4.57. The van der Waals surface area contributed by atoms with Crippen molar-refractivity contribution in [3.05, 3.63) is 0 Å². The average molecular weight is 320 g/mol. The molecule has 0 aromatic carbocycles. The lowest BCUT2D eigenvalue weighted by atomic mass is 9.72. The van der Waals surface area contributed by atoms with Gasteiger partial charge in [0, 0.05) is 3.92 Å². The van der Waals surface area contributed by atoms with Gasteiger partial charge in [-0.05, 0) is 63.2 Å². The first-order valence-corrected chi connectivity index (χ1v) is 7.54.